The molecule has 4 amide bonds. The second kappa shape index (κ2) is 8.13. The maximum atomic E-state index is 13.6. The van der Waals surface area contributed by atoms with Gasteiger partial charge in [-0.05, 0) is 36.8 Å². The Morgan fingerprint density at radius 2 is 1.71 bits per heavy atom. The number of nitrogens with one attached hydrogen (secondary N) is 2. The van der Waals surface area contributed by atoms with Gasteiger partial charge in [0.15, 0.2) is 0 Å². The minimum absolute atomic E-state index is 0.150. The van der Waals surface area contributed by atoms with Gasteiger partial charge in [-0.25, -0.2) is 13.6 Å². The van der Waals surface area contributed by atoms with Gasteiger partial charge in [0.1, 0.15) is 17.3 Å². The molecule has 0 radical (unpaired) electrons. The van der Waals surface area contributed by atoms with Crippen molar-refractivity contribution < 1.29 is 27.9 Å². The van der Waals surface area contributed by atoms with E-state index >= 15 is 0 Å². The summed E-state index contributed by atoms with van der Waals surface area (Å²) in [6, 6.07) is 6.51. The Kier molecular flexibility index (Phi) is 5.65. The van der Waals surface area contributed by atoms with Crippen LogP contribution in [0.3, 0.4) is 0 Å². The van der Waals surface area contributed by atoms with Crippen molar-refractivity contribution in [2.45, 2.75) is 6.42 Å². The third-order valence-electron chi connectivity index (χ3n) is 4.16. The molecule has 28 heavy (non-hydrogen) atoms. The molecule has 146 valence electrons. The SMILES string of the molecule is COCCCN1C(=O)c2ccc(NC(=O)Nc3c(F)cccc3F)cc2C1=O. The molecule has 0 atom stereocenters. The molecule has 0 unspecified atom stereocenters. The zero-order chi connectivity index (χ0) is 20.3. The van der Waals surface area contributed by atoms with Gasteiger partial charge in [0.05, 0.1) is 11.1 Å². The third kappa shape index (κ3) is 3.84. The summed E-state index contributed by atoms with van der Waals surface area (Å²) in [6.07, 6.45) is 0.504. The second-order valence-electron chi connectivity index (χ2n) is 6.04. The minimum atomic E-state index is -0.920. The molecular weight excluding hydrogens is 372 g/mol. The molecule has 0 fully saturated rings. The number of imide groups is 1. The Bertz CT molecular complexity index is 929. The molecule has 7 nitrogen and oxygen atoms in total. The maximum Gasteiger partial charge on any atom is 0.323 e. The zero-order valence-electron chi connectivity index (χ0n) is 14.9. The summed E-state index contributed by atoms with van der Waals surface area (Å²) >= 11 is 0. The quantitative estimate of drug-likeness (QED) is 0.587. The molecule has 1 aliphatic rings. The van der Waals surface area contributed by atoms with E-state index in [-0.39, 0.29) is 23.4 Å². The lowest BCUT2D eigenvalue weighted by Gasteiger charge is -2.12. The number of carbonyl (C=O) groups is 3. The second-order valence-corrected chi connectivity index (χ2v) is 6.04. The summed E-state index contributed by atoms with van der Waals surface area (Å²) in [4.78, 5) is 37.9. The molecule has 0 aliphatic carbocycles. The summed E-state index contributed by atoms with van der Waals surface area (Å²) in [7, 11) is 1.53. The van der Waals surface area contributed by atoms with E-state index in [2.05, 4.69) is 10.6 Å². The summed E-state index contributed by atoms with van der Waals surface area (Å²) < 4.78 is 32.2. The van der Waals surface area contributed by atoms with E-state index in [4.69, 9.17) is 4.74 Å². The van der Waals surface area contributed by atoms with Crippen LogP contribution in [0.4, 0.5) is 25.0 Å². The van der Waals surface area contributed by atoms with Crippen molar-refractivity contribution in [3.63, 3.8) is 0 Å². The molecule has 2 aromatic rings. The minimum Gasteiger partial charge on any atom is -0.385 e. The molecule has 2 aromatic carbocycles. The van der Waals surface area contributed by atoms with Gasteiger partial charge in [0.2, 0.25) is 0 Å². The first-order valence-electron chi connectivity index (χ1n) is 8.43. The highest BCUT2D eigenvalue weighted by Gasteiger charge is 2.35. The monoisotopic (exact) mass is 389 g/mol. The molecule has 2 N–H and O–H groups in total. The van der Waals surface area contributed by atoms with Crippen molar-refractivity contribution >= 4 is 29.2 Å². The molecule has 0 spiro atoms. The number of rotatable bonds is 6. The molecule has 9 heteroatoms. The first-order chi connectivity index (χ1) is 13.4. The van der Waals surface area contributed by atoms with Crippen molar-refractivity contribution in [3.05, 3.63) is 59.2 Å². The van der Waals surface area contributed by atoms with Gasteiger partial charge in [-0.3, -0.25) is 14.5 Å². The smallest absolute Gasteiger partial charge is 0.323 e. The van der Waals surface area contributed by atoms with Gasteiger partial charge in [-0.1, -0.05) is 6.07 Å². The lowest BCUT2D eigenvalue weighted by Crippen LogP contribution is -2.31. The van der Waals surface area contributed by atoms with Gasteiger partial charge in [-0.2, -0.15) is 0 Å². The topological polar surface area (TPSA) is 87.7 Å². The van der Waals surface area contributed by atoms with Gasteiger partial charge < -0.3 is 15.4 Å². The van der Waals surface area contributed by atoms with Crippen molar-refractivity contribution in [3.8, 4) is 0 Å². The standard InChI is InChI=1S/C19H17F2N3O4/c1-28-9-3-8-24-17(25)12-7-6-11(10-13(12)18(24)26)22-19(27)23-16-14(20)4-2-5-15(16)21/h2,4-7,10H,3,8-9H2,1H3,(H2,22,23,27). The van der Waals surface area contributed by atoms with E-state index in [0.717, 1.165) is 17.0 Å². The van der Waals surface area contributed by atoms with Crippen LogP contribution in [0.2, 0.25) is 0 Å². The van der Waals surface area contributed by atoms with Crippen LogP contribution in [0.15, 0.2) is 36.4 Å². The molecular formula is C19H17F2N3O4. The van der Waals surface area contributed by atoms with Gasteiger partial charge in [0, 0.05) is 25.9 Å². The third-order valence-corrected chi connectivity index (χ3v) is 4.16. The van der Waals surface area contributed by atoms with E-state index in [9.17, 15) is 23.2 Å². The Morgan fingerprint density at radius 1 is 1.04 bits per heavy atom. The van der Waals surface area contributed by atoms with Gasteiger partial charge in [0.25, 0.3) is 11.8 Å². The first kappa shape index (κ1) is 19.4. The van der Waals surface area contributed by atoms with Crippen LogP contribution in [0, 0.1) is 11.6 Å². The van der Waals surface area contributed by atoms with Crippen molar-refractivity contribution in [2.75, 3.05) is 30.9 Å². The molecule has 1 aliphatic heterocycles. The fourth-order valence-corrected chi connectivity index (χ4v) is 2.83. The highest BCUT2D eigenvalue weighted by molar-refractivity contribution is 6.22. The van der Waals surface area contributed by atoms with Crippen molar-refractivity contribution in [1.82, 2.24) is 4.90 Å². The number of halogens is 2. The number of anilines is 2. The number of urea groups is 1. The fraction of sp³-hybridized carbons (Fsp3) is 0.211. The number of amides is 4. The number of nitrogens with zero attached hydrogens (tertiary/aromatic N) is 1. The van der Waals surface area contributed by atoms with Crippen LogP contribution in [0.25, 0.3) is 0 Å². The summed E-state index contributed by atoms with van der Waals surface area (Å²) in [6.45, 7) is 0.628. The number of fused-ring (bicyclic) bond motifs is 1. The molecule has 0 aromatic heterocycles. The predicted octanol–water partition coefficient (Wildman–Crippen LogP) is 3.24. The highest BCUT2D eigenvalue weighted by atomic mass is 19.1. The normalized spacial score (nSPS) is 12.9. The molecule has 0 saturated carbocycles. The number of ether oxygens (including phenoxy) is 1. The lowest BCUT2D eigenvalue weighted by molar-refractivity contribution is 0.0638. The summed E-state index contributed by atoms with van der Waals surface area (Å²) in [5, 5.41) is 4.47. The van der Waals surface area contributed by atoms with Crippen molar-refractivity contribution in [2.24, 2.45) is 0 Å². The maximum absolute atomic E-state index is 13.6. The van der Waals surface area contributed by atoms with Crippen LogP contribution < -0.4 is 10.6 Å². The lowest BCUT2D eigenvalue weighted by atomic mass is 10.1. The number of benzene rings is 2. The zero-order valence-corrected chi connectivity index (χ0v) is 14.9. The van der Waals surface area contributed by atoms with E-state index in [1.165, 1.54) is 31.4 Å². The highest BCUT2D eigenvalue weighted by Crippen LogP contribution is 2.26. The molecule has 3 rings (SSSR count). The number of para-hydroxylation sites is 1. The molecule has 0 bridgehead atoms. The number of hydrogen-bond donors (Lipinski definition) is 2. The summed E-state index contributed by atoms with van der Waals surface area (Å²) in [5.41, 5.74) is -0.00423. The number of methoxy groups -OCH3 is 1. The van der Waals surface area contributed by atoms with Crippen LogP contribution in [0.1, 0.15) is 27.1 Å². The first-order valence-corrected chi connectivity index (χ1v) is 8.43. The van der Waals surface area contributed by atoms with Crippen LogP contribution >= 0.6 is 0 Å². The molecule has 0 saturated heterocycles. The number of hydrogen-bond acceptors (Lipinski definition) is 4. The predicted molar refractivity (Wildman–Crippen MR) is 97.3 cm³/mol. The Morgan fingerprint density at radius 3 is 2.39 bits per heavy atom. The largest absolute Gasteiger partial charge is 0.385 e. The van der Waals surface area contributed by atoms with Crippen LogP contribution in [-0.2, 0) is 4.74 Å². The Balaban J connectivity index is 1.72. The van der Waals surface area contributed by atoms with Crippen LogP contribution in [0.5, 0.6) is 0 Å². The van der Waals surface area contributed by atoms with Gasteiger partial charge in [-0.15, -0.1) is 0 Å². The van der Waals surface area contributed by atoms with E-state index in [1.54, 1.807) is 0 Å². The van der Waals surface area contributed by atoms with Crippen molar-refractivity contribution in [1.29, 1.82) is 0 Å². The number of carbonyl (C=O) groups excluding carboxylic acids is 3. The van der Waals surface area contributed by atoms with Gasteiger partial charge >= 0.3 is 6.03 Å². The average Bonchev–Trinajstić information content (AvgIpc) is 2.89. The Labute approximate surface area is 159 Å². The fourth-order valence-electron chi connectivity index (χ4n) is 2.83. The molecule has 1 heterocycles. The summed E-state index contributed by atoms with van der Waals surface area (Å²) in [5.74, 6) is -2.73. The average molecular weight is 389 g/mol. The van der Waals surface area contributed by atoms with E-state index in [0.29, 0.717) is 13.0 Å². The Hall–Kier alpha value is -3.33. The van der Waals surface area contributed by atoms with Crippen LogP contribution in [-0.4, -0.2) is 43.0 Å². The van der Waals surface area contributed by atoms with E-state index in [1.807, 2.05) is 0 Å². The van der Waals surface area contributed by atoms with E-state index < -0.39 is 35.2 Å².